The van der Waals surface area contributed by atoms with Crippen LogP contribution in [-0.2, 0) is 9.53 Å². The Morgan fingerprint density at radius 1 is 0.880 bits per heavy atom. The van der Waals surface area contributed by atoms with Gasteiger partial charge in [-0.3, -0.25) is 10.9 Å². The van der Waals surface area contributed by atoms with Crippen molar-refractivity contribution in [1.82, 2.24) is 5.43 Å². The van der Waals surface area contributed by atoms with Crippen molar-refractivity contribution in [3.05, 3.63) is 59.7 Å². The number of hydrazine groups is 1. The highest BCUT2D eigenvalue weighted by Gasteiger charge is 2.42. The van der Waals surface area contributed by atoms with Crippen LogP contribution in [0.2, 0.25) is 0 Å². The molecule has 6 rings (SSSR count). The average molecular weight is 351 g/mol. The van der Waals surface area contributed by atoms with Crippen LogP contribution in [0.1, 0.15) is 17.2 Å². The molecule has 2 aromatic rings. The number of amides is 2. The molecule has 0 saturated carbocycles. The normalized spacial score (nSPS) is 16.6. The zero-order valence-electron chi connectivity index (χ0n) is 12.6. The second-order valence-corrected chi connectivity index (χ2v) is 5.23. The van der Waals surface area contributed by atoms with E-state index in [4.69, 9.17) is 0 Å². The number of anilines is 2. The summed E-state index contributed by atoms with van der Waals surface area (Å²) in [5, 5.41) is 2.54. The molecule has 4 aliphatic heterocycles. The molecule has 25 heavy (non-hydrogen) atoms. The molecule has 0 fully saturated rings. The highest BCUT2D eigenvalue weighted by molar-refractivity contribution is 5.90. The lowest BCUT2D eigenvalue weighted by molar-refractivity contribution is -0.203. The predicted octanol–water partition coefficient (Wildman–Crippen LogP) is 3.34. The van der Waals surface area contributed by atoms with Gasteiger partial charge in [0.15, 0.2) is 6.10 Å². The second kappa shape index (κ2) is 6.34. The van der Waals surface area contributed by atoms with Gasteiger partial charge in [-0.2, -0.15) is 13.2 Å². The van der Waals surface area contributed by atoms with Crippen molar-refractivity contribution >= 4 is 23.4 Å². The molecule has 0 aliphatic carbocycles. The summed E-state index contributed by atoms with van der Waals surface area (Å²) in [4.78, 5) is 23.0. The van der Waals surface area contributed by atoms with Crippen LogP contribution in [0, 0.1) is 0 Å². The Morgan fingerprint density at radius 3 is 1.92 bits per heavy atom. The van der Waals surface area contributed by atoms with E-state index in [0.717, 1.165) is 0 Å². The van der Waals surface area contributed by atoms with Crippen molar-refractivity contribution in [3.63, 3.8) is 0 Å². The van der Waals surface area contributed by atoms with E-state index in [0.29, 0.717) is 22.5 Å². The first-order chi connectivity index (χ1) is 11.8. The van der Waals surface area contributed by atoms with Crippen LogP contribution in [0.4, 0.5) is 29.3 Å². The summed E-state index contributed by atoms with van der Waals surface area (Å²) in [6.45, 7) is 0. The smallest absolute Gasteiger partial charge is 0.446 e. The molecule has 1 atom stereocenters. The number of rotatable bonds is 1. The molecule has 0 spiro atoms. The topological polar surface area (TPSA) is 79.5 Å². The highest BCUT2D eigenvalue weighted by Crippen LogP contribution is 2.31. The van der Waals surface area contributed by atoms with Gasteiger partial charge in [0, 0.05) is 5.69 Å². The third kappa shape index (κ3) is 3.82. The number of nitrogens with one attached hydrogen (secondary N) is 3. The van der Waals surface area contributed by atoms with Gasteiger partial charge < -0.3 is 10.1 Å². The summed E-state index contributed by atoms with van der Waals surface area (Å²) >= 11 is 0. The van der Waals surface area contributed by atoms with E-state index in [1.807, 2.05) is 0 Å². The minimum absolute atomic E-state index is 0.337. The fourth-order valence-corrected chi connectivity index (χ4v) is 2.28. The van der Waals surface area contributed by atoms with Gasteiger partial charge in [-0.25, -0.2) is 9.59 Å². The fraction of sp³-hybridized carbons (Fsp3) is 0.125. The molecular formula is C16H12F3N3O3. The zero-order chi connectivity index (χ0) is 18.0. The van der Waals surface area contributed by atoms with Crippen LogP contribution in [0.3, 0.4) is 0 Å². The summed E-state index contributed by atoms with van der Waals surface area (Å²) in [6.07, 6.45) is -6.33. The van der Waals surface area contributed by atoms with E-state index >= 15 is 0 Å². The molecule has 4 heterocycles. The first-order valence-electron chi connectivity index (χ1n) is 7.14. The van der Waals surface area contributed by atoms with Crippen molar-refractivity contribution in [3.8, 4) is 0 Å². The maximum absolute atomic E-state index is 12.6. The molecule has 6 nitrogen and oxygen atoms in total. The molecule has 0 aromatic heterocycles. The minimum Gasteiger partial charge on any atom is -0.446 e. The molecule has 0 radical (unpaired) electrons. The lowest BCUT2D eigenvalue weighted by atomic mass is 10.0. The van der Waals surface area contributed by atoms with Gasteiger partial charge in [0.05, 0.1) is 5.69 Å². The number of hydrogen-bond acceptors (Lipinski definition) is 4. The summed E-state index contributed by atoms with van der Waals surface area (Å²) in [7, 11) is 0. The van der Waals surface area contributed by atoms with Crippen LogP contribution >= 0.6 is 0 Å². The molecule has 4 aliphatic rings. The molecule has 2 amide bonds. The molecule has 130 valence electrons. The number of alkyl halides is 3. The van der Waals surface area contributed by atoms with Gasteiger partial charge in [-0.15, -0.1) is 0 Å². The SMILES string of the molecule is O=C1NNc2ccc(cc2)C(OC(=O)C(F)(F)F)c2ccc(cc2)N1. The Labute approximate surface area is 139 Å². The van der Waals surface area contributed by atoms with E-state index in [9.17, 15) is 22.8 Å². The van der Waals surface area contributed by atoms with Crippen molar-refractivity contribution in [2.45, 2.75) is 12.3 Å². The molecule has 4 bridgehead atoms. The Balaban J connectivity index is 2.02. The van der Waals surface area contributed by atoms with Gasteiger partial charge in [0.25, 0.3) is 0 Å². The van der Waals surface area contributed by atoms with Crippen LogP contribution in [-0.4, -0.2) is 18.2 Å². The quantitative estimate of drug-likeness (QED) is 0.689. The monoisotopic (exact) mass is 351 g/mol. The number of benzene rings is 2. The molecule has 1 unspecified atom stereocenters. The van der Waals surface area contributed by atoms with Gasteiger partial charge in [0.1, 0.15) is 0 Å². The number of carbonyl (C=O) groups is 2. The number of urea groups is 1. The Kier molecular flexibility index (Phi) is 4.22. The number of hydrogen-bond donors (Lipinski definition) is 3. The fourth-order valence-electron chi connectivity index (χ4n) is 2.28. The molecule has 9 heteroatoms. The first-order valence-corrected chi connectivity index (χ1v) is 7.14. The van der Waals surface area contributed by atoms with Crippen LogP contribution in [0.15, 0.2) is 48.5 Å². The first kappa shape index (κ1) is 16.6. The maximum Gasteiger partial charge on any atom is 0.490 e. The second-order valence-electron chi connectivity index (χ2n) is 5.23. The number of carbonyl (C=O) groups excluding carboxylic acids is 2. The van der Waals surface area contributed by atoms with Gasteiger partial charge in [0.2, 0.25) is 0 Å². The van der Waals surface area contributed by atoms with E-state index in [-0.39, 0.29) is 0 Å². The summed E-state index contributed by atoms with van der Waals surface area (Å²) in [6, 6.07) is 11.5. The third-order valence-electron chi connectivity index (χ3n) is 3.46. The minimum atomic E-state index is -5.10. The third-order valence-corrected chi connectivity index (χ3v) is 3.46. The van der Waals surface area contributed by atoms with Gasteiger partial charge in [-0.1, -0.05) is 24.3 Å². The number of halogens is 3. The zero-order valence-corrected chi connectivity index (χ0v) is 12.6. The van der Waals surface area contributed by atoms with Gasteiger partial charge >= 0.3 is 18.2 Å². The summed E-state index contributed by atoms with van der Waals surface area (Å²) in [5.74, 6) is -2.27. The van der Waals surface area contributed by atoms with Crippen molar-refractivity contribution in [2.75, 3.05) is 10.7 Å². The average Bonchev–Trinajstić information content (AvgIpc) is 2.60. The maximum atomic E-state index is 12.6. The van der Waals surface area contributed by atoms with Crippen LogP contribution < -0.4 is 16.2 Å². The van der Waals surface area contributed by atoms with E-state index in [1.165, 1.54) is 48.5 Å². The standard InChI is InChI=1S/C16H12F3N3O3/c17-16(18,19)14(23)25-13-9-1-5-11(6-2-9)20-15(24)22-21-12-7-3-10(13)4-8-12/h1-8,13,21H,(H2,20,22,24). The van der Waals surface area contributed by atoms with Crippen LogP contribution in [0.25, 0.3) is 0 Å². The lowest BCUT2D eigenvalue weighted by Crippen LogP contribution is -2.33. The predicted molar refractivity (Wildman–Crippen MR) is 82.7 cm³/mol. The summed E-state index contributed by atoms with van der Waals surface area (Å²) in [5.41, 5.74) is 6.68. The van der Waals surface area contributed by atoms with E-state index in [2.05, 4.69) is 20.9 Å². The van der Waals surface area contributed by atoms with E-state index in [1.54, 1.807) is 0 Å². The number of ether oxygens (including phenoxy) is 1. The van der Waals surface area contributed by atoms with Crippen molar-refractivity contribution in [2.24, 2.45) is 0 Å². The van der Waals surface area contributed by atoms with E-state index < -0.39 is 24.3 Å². The highest BCUT2D eigenvalue weighted by atomic mass is 19.4. The molecular weight excluding hydrogens is 339 g/mol. The molecule has 0 saturated heterocycles. The Hall–Kier alpha value is -3.23. The Morgan fingerprint density at radius 2 is 1.40 bits per heavy atom. The number of esters is 1. The molecule has 2 aromatic carbocycles. The van der Waals surface area contributed by atoms with Crippen molar-refractivity contribution < 1.29 is 27.5 Å². The van der Waals surface area contributed by atoms with Crippen LogP contribution in [0.5, 0.6) is 0 Å². The Bertz CT molecular complexity index is 789. The molecule has 3 N–H and O–H groups in total. The lowest BCUT2D eigenvalue weighted by Gasteiger charge is -2.20. The van der Waals surface area contributed by atoms with Crippen molar-refractivity contribution in [1.29, 1.82) is 0 Å². The largest absolute Gasteiger partial charge is 0.490 e. The summed E-state index contributed by atoms with van der Waals surface area (Å²) < 4.78 is 42.5. The van der Waals surface area contributed by atoms with Gasteiger partial charge in [-0.05, 0) is 35.4 Å².